The van der Waals surface area contributed by atoms with Crippen molar-refractivity contribution >= 4 is 11.7 Å². The highest BCUT2D eigenvalue weighted by Gasteiger charge is 2.39. The van der Waals surface area contributed by atoms with Crippen molar-refractivity contribution in [2.75, 3.05) is 26.1 Å². The second-order valence-corrected chi connectivity index (χ2v) is 5.68. The van der Waals surface area contributed by atoms with Gasteiger partial charge in [0.05, 0.1) is 0 Å². The molecule has 0 saturated heterocycles. The molecule has 6 heteroatoms. The van der Waals surface area contributed by atoms with Crippen LogP contribution in [0.25, 0.3) is 0 Å². The van der Waals surface area contributed by atoms with Crippen LogP contribution in [0.15, 0.2) is 12.1 Å². The Labute approximate surface area is 119 Å². The Kier molecular flexibility index (Phi) is 4.25. The number of rotatable bonds is 5. The zero-order valence-electron chi connectivity index (χ0n) is 12.4. The number of carbonyl (C=O) groups is 1. The molecule has 110 valence electrons. The molecule has 1 aliphatic carbocycles. The van der Waals surface area contributed by atoms with Crippen LogP contribution in [0.1, 0.15) is 35.3 Å². The van der Waals surface area contributed by atoms with Crippen LogP contribution in [0.2, 0.25) is 0 Å². The molecule has 0 bridgehead atoms. The van der Waals surface area contributed by atoms with Gasteiger partial charge in [0.1, 0.15) is 5.82 Å². The molecule has 6 nitrogen and oxygen atoms in total. The molecule has 1 aromatic heterocycles. The molecule has 0 aliphatic heterocycles. The Hall–Kier alpha value is -1.66. The Morgan fingerprint density at radius 1 is 1.45 bits per heavy atom. The van der Waals surface area contributed by atoms with E-state index in [4.69, 9.17) is 5.84 Å². The van der Waals surface area contributed by atoms with Gasteiger partial charge < -0.3 is 15.6 Å². The molecular weight excluding hydrogens is 254 g/mol. The number of hydrogen-bond donors (Lipinski definition) is 3. The summed E-state index contributed by atoms with van der Waals surface area (Å²) in [5, 5.41) is 3.02. The van der Waals surface area contributed by atoms with Gasteiger partial charge in [0.25, 0.3) is 5.91 Å². The summed E-state index contributed by atoms with van der Waals surface area (Å²) in [6.07, 6.45) is 3.49. The van der Waals surface area contributed by atoms with Gasteiger partial charge in [0.15, 0.2) is 0 Å². The zero-order chi connectivity index (χ0) is 14.8. The summed E-state index contributed by atoms with van der Waals surface area (Å²) < 4.78 is 0. The number of nitrogens with zero attached hydrogens (tertiary/aromatic N) is 2. The monoisotopic (exact) mass is 277 g/mol. The number of hydrazine groups is 1. The summed E-state index contributed by atoms with van der Waals surface area (Å²) in [5.74, 6) is 5.77. The second-order valence-electron chi connectivity index (χ2n) is 5.68. The molecule has 1 aliphatic rings. The number of amides is 1. The van der Waals surface area contributed by atoms with Gasteiger partial charge in [-0.2, -0.15) is 0 Å². The normalized spacial score (nSPS) is 16.6. The highest BCUT2D eigenvalue weighted by Crippen LogP contribution is 2.35. The number of hydrogen-bond acceptors (Lipinski definition) is 5. The third kappa shape index (κ3) is 2.91. The molecule has 4 N–H and O–H groups in total. The van der Waals surface area contributed by atoms with Crippen molar-refractivity contribution in [2.24, 2.45) is 5.84 Å². The number of aryl methyl sites for hydroxylation is 1. The van der Waals surface area contributed by atoms with Crippen molar-refractivity contribution in [1.29, 1.82) is 0 Å². The molecule has 1 saturated carbocycles. The average molecular weight is 277 g/mol. The van der Waals surface area contributed by atoms with Gasteiger partial charge in [0.2, 0.25) is 0 Å². The van der Waals surface area contributed by atoms with Crippen LogP contribution in [-0.2, 0) is 0 Å². The first-order valence-electron chi connectivity index (χ1n) is 6.88. The second kappa shape index (κ2) is 5.76. The number of nitrogens with two attached hydrogens (primary N) is 1. The topological polar surface area (TPSA) is 83.3 Å². The van der Waals surface area contributed by atoms with Gasteiger partial charge in [0, 0.05) is 23.3 Å². The average Bonchev–Trinajstić information content (AvgIpc) is 2.35. The number of likely N-dealkylation sites (N-methyl/N-ethyl adjacent to an activating group) is 1. The van der Waals surface area contributed by atoms with Crippen molar-refractivity contribution in [2.45, 2.75) is 31.7 Å². The molecule has 1 fully saturated rings. The van der Waals surface area contributed by atoms with Crippen molar-refractivity contribution in [1.82, 2.24) is 15.2 Å². The summed E-state index contributed by atoms with van der Waals surface area (Å²) in [7, 11) is 4.14. The minimum absolute atomic E-state index is 0.0832. The van der Waals surface area contributed by atoms with Crippen LogP contribution in [-0.4, -0.2) is 42.0 Å². The molecular formula is C14H23N5O. The maximum atomic E-state index is 12.2. The quantitative estimate of drug-likeness (QED) is 0.550. The van der Waals surface area contributed by atoms with E-state index in [0.29, 0.717) is 17.9 Å². The Morgan fingerprint density at radius 2 is 2.15 bits per heavy atom. The summed E-state index contributed by atoms with van der Waals surface area (Å²) in [4.78, 5) is 18.6. The van der Waals surface area contributed by atoms with Crippen LogP contribution in [0, 0.1) is 6.92 Å². The van der Waals surface area contributed by atoms with Gasteiger partial charge in [-0.15, -0.1) is 0 Å². The fourth-order valence-corrected chi connectivity index (χ4v) is 2.59. The first kappa shape index (κ1) is 14.7. The molecule has 2 rings (SSSR count). The van der Waals surface area contributed by atoms with Crippen LogP contribution in [0.5, 0.6) is 0 Å². The largest absolute Gasteiger partial charge is 0.350 e. The lowest BCUT2D eigenvalue weighted by molar-refractivity contribution is 0.0557. The SMILES string of the molecule is Cc1cc(C(=O)NCC2(N(C)C)CCC2)cc(NN)n1. The summed E-state index contributed by atoms with van der Waals surface area (Å²) >= 11 is 0. The Bertz CT molecular complexity index is 496. The predicted octanol–water partition coefficient (Wildman–Crippen LogP) is 0.890. The van der Waals surface area contributed by atoms with Crippen LogP contribution in [0.3, 0.4) is 0 Å². The highest BCUT2D eigenvalue weighted by molar-refractivity contribution is 5.95. The Morgan fingerprint density at radius 3 is 2.65 bits per heavy atom. The number of aromatic nitrogens is 1. The van der Waals surface area contributed by atoms with Crippen LogP contribution in [0.4, 0.5) is 5.82 Å². The first-order valence-corrected chi connectivity index (χ1v) is 6.88. The van der Waals surface area contributed by atoms with Crippen molar-refractivity contribution in [3.63, 3.8) is 0 Å². The van der Waals surface area contributed by atoms with E-state index in [1.54, 1.807) is 12.1 Å². The number of carbonyl (C=O) groups excluding carboxylic acids is 1. The van der Waals surface area contributed by atoms with Crippen molar-refractivity contribution in [3.05, 3.63) is 23.4 Å². The lowest BCUT2D eigenvalue weighted by atomic mass is 9.75. The predicted molar refractivity (Wildman–Crippen MR) is 79.4 cm³/mol. The van der Waals surface area contributed by atoms with E-state index in [2.05, 4.69) is 34.7 Å². The van der Waals surface area contributed by atoms with Crippen LogP contribution >= 0.6 is 0 Å². The van der Waals surface area contributed by atoms with Gasteiger partial charge >= 0.3 is 0 Å². The third-order valence-corrected chi connectivity index (χ3v) is 4.17. The highest BCUT2D eigenvalue weighted by atomic mass is 16.1. The fourth-order valence-electron chi connectivity index (χ4n) is 2.59. The number of anilines is 1. The van der Waals surface area contributed by atoms with E-state index in [9.17, 15) is 4.79 Å². The minimum atomic E-state index is -0.0832. The molecule has 1 aromatic rings. The van der Waals surface area contributed by atoms with Crippen LogP contribution < -0.4 is 16.6 Å². The van der Waals surface area contributed by atoms with E-state index in [0.717, 1.165) is 18.5 Å². The standard InChI is InChI=1S/C14H23N5O/c1-10-7-11(8-12(17-10)18-15)13(20)16-9-14(19(2)3)5-4-6-14/h7-8H,4-6,9,15H2,1-3H3,(H,16,20)(H,17,18). The molecule has 0 spiro atoms. The smallest absolute Gasteiger partial charge is 0.251 e. The van der Waals surface area contributed by atoms with E-state index in [-0.39, 0.29) is 11.4 Å². The van der Waals surface area contributed by atoms with Gasteiger partial charge in [-0.3, -0.25) is 4.79 Å². The van der Waals surface area contributed by atoms with Crippen molar-refractivity contribution < 1.29 is 4.79 Å². The van der Waals surface area contributed by atoms with Gasteiger partial charge in [-0.25, -0.2) is 10.8 Å². The van der Waals surface area contributed by atoms with E-state index >= 15 is 0 Å². The first-order chi connectivity index (χ1) is 9.47. The van der Waals surface area contributed by atoms with Gasteiger partial charge in [-0.1, -0.05) is 0 Å². The molecule has 0 unspecified atom stereocenters. The summed E-state index contributed by atoms with van der Waals surface area (Å²) in [6.45, 7) is 2.51. The van der Waals surface area contributed by atoms with Crippen molar-refractivity contribution in [3.8, 4) is 0 Å². The molecule has 0 atom stereocenters. The fraction of sp³-hybridized carbons (Fsp3) is 0.571. The van der Waals surface area contributed by atoms with E-state index in [1.807, 2.05) is 6.92 Å². The van der Waals surface area contributed by atoms with E-state index in [1.165, 1.54) is 6.42 Å². The minimum Gasteiger partial charge on any atom is -0.350 e. The third-order valence-electron chi connectivity index (χ3n) is 4.17. The summed E-state index contributed by atoms with van der Waals surface area (Å²) in [5.41, 5.74) is 3.94. The number of nitrogens with one attached hydrogen (secondary N) is 2. The molecule has 1 heterocycles. The zero-order valence-corrected chi connectivity index (χ0v) is 12.4. The summed E-state index contributed by atoms with van der Waals surface area (Å²) in [6, 6.07) is 3.42. The Balaban J connectivity index is 2.03. The maximum absolute atomic E-state index is 12.2. The lowest BCUT2D eigenvalue weighted by Gasteiger charge is -2.47. The molecule has 0 radical (unpaired) electrons. The molecule has 0 aromatic carbocycles. The van der Waals surface area contributed by atoms with Gasteiger partial charge in [-0.05, 0) is 52.4 Å². The van der Waals surface area contributed by atoms with E-state index < -0.39 is 0 Å². The number of pyridine rings is 1. The maximum Gasteiger partial charge on any atom is 0.251 e. The number of nitrogen functional groups attached to an aromatic ring is 1. The lowest BCUT2D eigenvalue weighted by Crippen LogP contribution is -2.57. The molecule has 20 heavy (non-hydrogen) atoms. The molecule has 1 amide bonds.